The van der Waals surface area contributed by atoms with Gasteiger partial charge in [-0.15, -0.1) is 0 Å². The Morgan fingerprint density at radius 3 is 2.96 bits per heavy atom. The van der Waals surface area contributed by atoms with Crippen molar-refractivity contribution in [3.8, 4) is 0 Å². The topological polar surface area (TPSA) is 83.2 Å². The van der Waals surface area contributed by atoms with Crippen molar-refractivity contribution in [3.05, 3.63) is 23.5 Å². The fraction of sp³-hybridized carbons (Fsp3) is 0.500. The summed E-state index contributed by atoms with van der Waals surface area (Å²) in [7, 11) is 0. The Kier molecular flexibility index (Phi) is 4.65. The Bertz CT molecular complexity index is 701. The zero-order valence-corrected chi connectivity index (χ0v) is 13.5. The molecule has 2 aromatic rings. The summed E-state index contributed by atoms with van der Waals surface area (Å²) in [6, 6.07) is 3.25. The molecule has 1 fully saturated rings. The minimum atomic E-state index is -1.05. The van der Waals surface area contributed by atoms with Crippen LogP contribution in [0.2, 0.25) is 5.15 Å². The van der Waals surface area contributed by atoms with Gasteiger partial charge in [0.2, 0.25) is 0 Å². The molecule has 2 aromatic heterocycles. The molecule has 0 bridgehead atoms. The highest BCUT2D eigenvalue weighted by Gasteiger charge is 2.25. The summed E-state index contributed by atoms with van der Waals surface area (Å²) < 4.78 is 6.82. The maximum atomic E-state index is 11.8. The molecule has 1 atom stereocenters. The number of aromatic nitrogens is 3. The van der Waals surface area contributed by atoms with Crippen LogP contribution in [0.25, 0.3) is 5.65 Å². The summed E-state index contributed by atoms with van der Waals surface area (Å²) in [5, 5.41) is 14.0. The predicted octanol–water partition coefficient (Wildman–Crippen LogP) is 1.59. The second-order valence-electron chi connectivity index (χ2n) is 5.43. The van der Waals surface area contributed by atoms with E-state index >= 15 is 0 Å². The molecule has 1 saturated heterocycles. The smallest absolute Gasteiger partial charge is 0.413 e. The number of halogens is 1. The SMILES string of the molecule is CC(CN(C(=O)O)c1cc(Cl)nc2ccnn12)N1CCOCC1. The molecular formula is C14H18ClN5O3. The van der Waals surface area contributed by atoms with Gasteiger partial charge in [0.25, 0.3) is 0 Å². The number of anilines is 1. The molecule has 3 heterocycles. The molecule has 0 aromatic carbocycles. The van der Waals surface area contributed by atoms with Crippen molar-refractivity contribution in [2.45, 2.75) is 13.0 Å². The average Bonchev–Trinajstić information content (AvgIpc) is 3.00. The molecule has 1 aliphatic rings. The van der Waals surface area contributed by atoms with Crippen molar-refractivity contribution in [1.29, 1.82) is 0 Å². The summed E-state index contributed by atoms with van der Waals surface area (Å²) in [6.07, 6.45) is 0.511. The van der Waals surface area contributed by atoms with Gasteiger partial charge >= 0.3 is 6.09 Å². The van der Waals surface area contributed by atoms with E-state index in [9.17, 15) is 9.90 Å². The average molecular weight is 340 g/mol. The van der Waals surface area contributed by atoms with Crippen LogP contribution in [0.5, 0.6) is 0 Å². The highest BCUT2D eigenvalue weighted by atomic mass is 35.5. The van der Waals surface area contributed by atoms with E-state index < -0.39 is 6.09 Å². The third-order valence-corrected chi connectivity index (χ3v) is 4.13. The zero-order chi connectivity index (χ0) is 16.4. The highest BCUT2D eigenvalue weighted by molar-refractivity contribution is 6.29. The first-order chi connectivity index (χ1) is 11.1. The molecule has 0 spiro atoms. The van der Waals surface area contributed by atoms with Crippen molar-refractivity contribution in [2.24, 2.45) is 0 Å². The van der Waals surface area contributed by atoms with E-state index in [0.717, 1.165) is 13.1 Å². The van der Waals surface area contributed by atoms with Crippen molar-refractivity contribution in [2.75, 3.05) is 37.7 Å². The van der Waals surface area contributed by atoms with Crippen molar-refractivity contribution >= 4 is 29.2 Å². The first-order valence-electron chi connectivity index (χ1n) is 7.39. The number of carbonyl (C=O) groups is 1. The van der Waals surface area contributed by atoms with Crippen LogP contribution in [0.3, 0.4) is 0 Å². The van der Waals surface area contributed by atoms with E-state index in [4.69, 9.17) is 16.3 Å². The van der Waals surface area contributed by atoms with Gasteiger partial charge in [0, 0.05) is 37.8 Å². The Morgan fingerprint density at radius 1 is 1.52 bits per heavy atom. The van der Waals surface area contributed by atoms with Gasteiger partial charge in [-0.3, -0.25) is 9.80 Å². The van der Waals surface area contributed by atoms with Crippen LogP contribution in [0.1, 0.15) is 6.92 Å². The Hall–Kier alpha value is -1.90. The summed E-state index contributed by atoms with van der Waals surface area (Å²) in [5.41, 5.74) is 0.512. The van der Waals surface area contributed by atoms with Gasteiger partial charge < -0.3 is 9.84 Å². The van der Waals surface area contributed by atoms with E-state index in [1.807, 2.05) is 6.92 Å². The van der Waals surface area contributed by atoms with Crippen molar-refractivity contribution in [3.63, 3.8) is 0 Å². The van der Waals surface area contributed by atoms with Gasteiger partial charge in [-0.1, -0.05) is 11.6 Å². The molecule has 124 valence electrons. The first kappa shape index (κ1) is 16.0. The summed E-state index contributed by atoms with van der Waals surface area (Å²) in [5.74, 6) is 0.387. The Morgan fingerprint density at radius 2 is 2.26 bits per heavy atom. The molecule has 1 amide bonds. The number of nitrogens with zero attached hydrogens (tertiary/aromatic N) is 5. The fourth-order valence-corrected chi connectivity index (χ4v) is 2.91. The summed E-state index contributed by atoms with van der Waals surface area (Å²) >= 11 is 6.02. The molecule has 0 saturated carbocycles. The lowest BCUT2D eigenvalue weighted by Gasteiger charge is -2.34. The molecule has 8 nitrogen and oxygen atoms in total. The highest BCUT2D eigenvalue weighted by Crippen LogP contribution is 2.21. The van der Waals surface area contributed by atoms with E-state index in [1.54, 1.807) is 12.3 Å². The Balaban J connectivity index is 1.88. The molecule has 3 rings (SSSR count). The lowest BCUT2D eigenvalue weighted by Crippen LogP contribution is -2.49. The fourth-order valence-electron chi connectivity index (χ4n) is 2.73. The van der Waals surface area contributed by atoms with Crippen LogP contribution in [-0.2, 0) is 4.74 Å². The van der Waals surface area contributed by atoms with Crippen LogP contribution in [0, 0.1) is 0 Å². The predicted molar refractivity (Wildman–Crippen MR) is 85.2 cm³/mol. The van der Waals surface area contributed by atoms with Gasteiger partial charge in [0.1, 0.15) is 11.0 Å². The van der Waals surface area contributed by atoms with Crippen LogP contribution >= 0.6 is 11.6 Å². The van der Waals surface area contributed by atoms with Gasteiger partial charge in [0.15, 0.2) is 5.65 Å². The molecule has 9 heteroatoms. The second kappa shape index (κ2) is 6.69. The van der Waals surface area contributed by atoms with Gasteiger partial charge in [-0.25, -0.2) is 9.78 Å². The third kappa shape index (κ3) is 3.39. The normalized spacial score (nSPS) is 17.3. The maximum Gasteiger partial charge on any atom is 0.413 e. The summed E-state index contributed by atoms with van der Waals surface area (Å²) in [4.78, 5) is 19.4. The zero-order valence-electron chi connectivity index (χ0n) is 12.7. The van der Waals surface area contributed by atoms with Gasteiger partial charge in [0.05, 0.1) is 19.4 Å². The molecule has 1 N–H and O–H groups in total. The molecule has 0 aliphatic carbocycles. The number of fused-ring (bicyclic) bond motifs is 1. The quantitative estimate of drug-likeness (QED) is 0.852. The van der Waals surface area contributed by atoms with Crippen LogP contribution in [0.4, 0.5) is 10.6 Å². The van der Waals surface area contributed by atoms with Gasteiger partial charge in [-0.05, 0) is 6.92 Å². The number of amides is 1. The molecule has 1 aliphatic heterocycles. The minimum Gasteiger partial charge on any atom is -0.465 e. The molecular weight excluding hydrogens is 322 g/mol. The third-order valence-electron chi connectivity index (χ3n) is 3.93. The minimum absolute atomic E-state index is 0.0487. The monoisotopic (exact) mass is 339 g/mol. The van der Waals surface area contributed by atoms with E-state index in [2.05, 4.69) is 15.0 Å². The second-order valence-corrected chi connectivity index (χ2v) is 5.82. The van der Waals surface area contributed by atoms with Gasteiger partial charge in [-0.2, -0.15) is 9.61 Å². The van der Waals surface area contributed by atoms with Crippen molar-refractivity contribution < 1.29 is 14.6 Å². The van der Waals surface area contributed by atoms with Crippen LogP contribution < -0.4 is 4.90 Å². The molecule has 1 unspecified atom stereocenters. The number of hydrogen-bond acceptors (Lipinski definition) is 5. The lowest BCUT2D eigenvalue weighted by molar-refractivity contribution is 0.0216. The number of morpholine rings is 1. The number of rotatable bonds is 4. The summed E-state index contributed by atoms with van der Waals surface area (Å²) in [6.45, 7) is 5.24. The molecule has 23 heavy (non-hydrogen) atoms. The van der Waals surface area contributed by atoms with E-state index in [0.29, 0.717) is 31.2 Å². The lowest BCUT2D eigenvalue weighted by atomic mass is 10.2. The van der Waals surface area contributed by atoms with Crippen LogP contribution in [-0.4, -0.2) is 69.6 Å². The number of carboxylic acid groups (broad SMARTS) is 1. The largest absolute Gasteiger partial charge is 0.465 e. The molecule has 0 radical (unpaired) electrons. The standard InChI is InChI=1S/C14H18ClN5O3/c1-10(18-4-6-23-7-5-18)9-19(14(21)22)13-8-11(15)17-12-2-3-16-20(12)13/h2-3,8,10H,4-7,9H2,1H3,(H,21,22). The van der Waals surface area contributed by atoms with Crippen molar-refractivity contribution in [1.82, 2.24) is 19.5 Å². The number of ether oxygens (including phenoxy) is 1. The number of hydrogen-bond donors (Lipinski definition) is 1. The first-order valence-corrected chi connectivity index (χ1v) is 7.76. The van der Waals surface area contributed by atoms with E-state index in [1.165, 1.54) is 15.5 Å². The van der Waals surface area contributed by atoms with E-state index in [-0.39, 0.29) is 11.2 Å². The van der Waals surface area contributed by atoms with Crippen LogP contribution in [0.15, 0.2) is 18.3 Å². The maximum absolute atomic E-state index is 11.8. The Labute approximate surface area is 138 Å².